The lowest BCUT2D eigenvalue weighted by atomic mass is 9.66. The van der Waals surface area contributed by atoms with Gasteiger partial charge in [-0.3, -0.25) is 4.79 Å². The molecule has 1 saturated carbocycles. The van der Waals surface area contributed by atoms with Gasteiger partial charge in [0.05, 0.1) is 0 Å². The van der Waals surface area contributed by atoms with Crippen molar-refractivity contribution in [1.82, 2.24) is 10.2 Å². The largest absolute Gasteiger partial charge is 0.444 e. The van der Waals surface area contributed by atoms with Gasteiger partial charge in [0.2, 0.25) is 0 Å². The minimum atomic E-state index is -0.501. The van der Waals surface area contributed by atoms with Crippen LogP contribution in [-0.2, 0) is 14.4 Å². The highest BCUT2D eigenvalue weighted by Crippen LogP contribution is 2.40. The Balaban J connectivity index is 1.87. The second kappa shape index (κ2) is 6.14. The van der Waals surface area contributed by atoms with Crippen molar-refractivity contribution in [2.24, 2.45) is 17.0 Å². The lowest BCUT2D eigenvalue weighted by molar-refractivity contribution is -0.132. The Hall–Kier alpha value is -1.79. The maximum Gasteiger partial charge on any atom is 0.407 e. The fourth-order valence-electron chi connectivity index (χ4n) is 3.14. The molecule has 22 heavy (non-hydrogen) atoms. The maximum atomic E-state index is 12.2. The van der Waals surface area contributed by atoms with Crippen LogP contribution in [0.25, 0.3) is 0 Å². The Bertz CT molecular complexity index is 472. The van der Waals surface area contributed by atoms with Crippen molar-refractivity contribution in [2.45, 2.75) is 45.8 Å². The Morgan fingerprint density at radius 2 is 1.82 bits per heavy atom. The summed E-state index contributed by atoms with van der Waals surface area (Å²) < 4.78 is 5.29. The van der Waals surface area contributed by atoms with E-state index in [1.165, 1.54) is 7.11 Å². The topological polar surface area (TPSA) is 80.2 Å². The summed E-state index contributed by atoms with van der Waals surface area (Å²) in [6.07, 6.45) is 0.647. The highest BCUT2D eigenvalue weighted by molar-refractivity contribution is 6.37. The van der Waals surface area contributed by atoms with E-state index in [9.17, 15) is 9.59 Å². The highest BCUT2D eigenvalue weighted by Gasteiger charge is 2.49. The maximum absolute atomic E-state index is 12.2. The van der Waals surface area contributed by atoms with E-state index < -0.39 is 5.60 Å². The number of carbonyl (C=O) groups is 2. The Labute approximate surface area is 131 Å². The fraction of sp³-hybridized carbons (Fsp3) is 0.800. The SMILES string of the molecule is CON=C(C)C(=O)N1CC2CC(C1)C2NC(=O)OC(C)(C)C. The molecule has 2 saturated heterocycles. The molecule has 2 amide bonds. The van der Waals surface area contributed by atoms with Crippen molar-refractivity contribution in [1.29, 1.82) is 0 Å². The summed E-state index contributed by atoms with van der Waals surface area (Å²) in [7, 11) is 1.42. The van der Waals surface area contributed by atoms with Gasteiger partial charge in [-0.05, 0) is 46.0 Å². The number of carbonyl (C=O) groups excluding carboxylic acids is 2. The Morgan fingerprint density at radius 3 is 2.32 bits per heavy atom. The number of piperidine rings is 2. The molecular formula is C15H25N3O4. The number of fused-ring (bicyclic) bond motifs is 2. The van der Waals surface area contributed by atoms with Crippen LogP contribution in [0.5, 0.6) is 0 Å². The number of nitrogens with zero attached hydrogens (tertiary/aromatic N) is 2. The molecule has 2 atom stereocenters. The second-order valence-electron chi connectivity index (χ2n) is 7.00. The predicted molar refractivity (Wildman–Crippen MR) is 81.5 cm³/mol. The molecule has 2 unspecified atom stereocenters. The lowest BCUT2D eigenvalue weighted by Gasteiger charge is -2.53. The summed E-state index contributed by atoms with van der Waals surface area (Å²) in [6, 6.07) is 0.0959. The third kappa shape index (κ3) is 3.69. The van der Waals surface area contributed by atoms with Crippen molar-refractivity contribution in [3.8, 4) is 0 Å². The van der Waals surface area contributed by atoms with E-state index in [1.54, 1.807) is 11.8 Å². The molecule has 0 aromatic rings. The lowest BCUT2D eigenvalue weighted by Crippen LogP contribution is -2.65. The third-order valence-corrected chi connectivity index (χ3v) is 4.04. The first-order chi connectivity index (χ1) is 10.2. The molecule has 1 aliphatic carbocycles. The van der Waals surface area contributed by atoms with Gasteiger partial charge in [0.15, 0.2) is 0 Å². The first-order valence-electron chi connectivity index (χ1n) is 7.58. The second-order valence-corrected chi connectivity index (χ2v) is 7.00. The zero-order chi connectivity index (χ0) is 16.5. The molecule has 7 nitrogen and oxygen atoms in total. The monoisotopic (exact) mass is 311 g/mol. The molecule has 3 fully saturated rings. The first kappa shape index (κ1) is 16.6. The normalized spacial score (nSPS) is 27.8. The van der Waals surface area contributed by atoms with Crippen molar-refractivity contribution < 1.29 is 19.2 Å². The van der Waals surface area contributed by atoms with Crippen LogP contribution >= 0.6 is 0 Å². The van der Waals surface area contributed by atoms with Crippen LogP contribution in [0, 0.1) is 11.8 Å². The zero-order valence-corrected chi connectivity index (χ0v) is 13.9. The zero-order valence-electron chi connectivity index (χ0n) is 13.9. The summed E-state index contributed by atoms with van der Waals surface area (Å²) >= 11 is 0. The van der Waals surface area contributed by atoms with E-state index in [0.29, 0.717) is 18.8 Å². The van der Waals surface area contributed by atoms with E-state index in [0.717, 1.165) is 6.42 Å². The van der Waals surface area contributed by atoms with Gasteiger partial charge in [0.25, 0.3) is 5.91 Å². The Kier molecular flexibility index (Phi) is 4.63. The number of alkyl carbamates (subject to hydrolysis) is 1. The van der Waals surface area contributed by atoms with Gasteiger partial charge in [-0.25, -0.2) is 4.79 Å². The highest BCUT2D eigenvalue weighted by atomic mass is 16.6. The number of ether oxygens (including phenoxy) is 1. The molecular weight excluding hydrogens is 286 g/mol. The minimum Gasteiger partial charge on any atom is -0.444 e. The van der Waals surface area contributed by atoms with Gasteiger partial charge < -0.3 is 19.8 Å². The molecule has 2 heterocycles. The van der Waals surface area contributed by atoms with Crippen molar-refractivity contribution in [2.75, 3.05) is 20.2 Å². The Morgan fingerprint density at radius 1 is 1.23 bits per heavy atom. The van der Waals surface area contributed by atoms with Crippen molar-refractivity contribution in [3.05, 3.63) is 0 Å². The molecule has 2 aliphatic heterocycles. The number of amides is 2. The molecule has 3 aliphatic rings. The quantitative estimate of drug-likeness (QED) is 0.631. The van der Waals surface area contributed by atoms with E-state index in [2.05, 4.69) is 15.3 Å². The summed E-state index contributed by atoms with van der Waals surface area (Å²) in [4.78, 5) is 30.4. The number of nitrogens with one attached hydrogen (secondary N) is 1. The van der Waals surface area contributed by atoms with E-state index in [4.69, 9.17) is 4.74 Å². The number of hydrogen-bond donors (Lipinski definition) is 1. The van der Waals surface area contributed by atoms with Gasteiger partial charge in [-0.15, -0.1) is 0 Å². The van der Waals surface area contributed by atoms with Crippen LogP contribution in [0.1, 0.15) is 34.1 Å². The molecule has 1 N–H and O–H groups in total. The van der Waals surface area contributed by atoms with Gasteiger partial charge in [-0.1, -0.05) is 5.16 Å². The molecule has 0 radical (unpaired) electrons. The number of rotatable bonds is 3. The standard InChI is InChI=1S/C15H25N3O4/c1-9(17-21-5)13(19)18-7-10-6-11(8-18)12(10)16-14(20)22-15(2,3)4/h10-12H,6-8H2,1-5H3,(H,16,20). The predicted octanol–water partition coefficient (Wildman–Crippen LogP) is 1.38. The van der Waals surface area contributed by atoms with E-state index >= 15 is 0 Å². The van der Waals surface area contributed by atoms with Crippen LogP contribution in [0.4, 0.5) is 4.79 Å². The summed E-state index contributed by atoms with van der Waals surface area (Å²) in [6.45, 7) is 8.42. The van der Waals surface area contributed by atoms with E-state index in [-0.39, 0.29) is 29.9 Å². The van der Waals surface area contributed by atoms with Gasteiger partial charge in [0.1, 0.15) is 18.4 Å². The average molecular weight is 311 g/mol. The van der Waals surface area contributed by atoms with Crippen molar-refractivity contribution in [3.63, 3.8) is 0 Å². The van der Waals surface area contributed by atoms with E-state index in [1.807, 2.05) is 20.8 Å². The fourth-order valence-corrected chi connectivity index (χ4v) is 3.14. The molecule has 2 bridgehead atoms. The van der Waals surface area contributed by atoms with Crippen LogP contribution in [0.15, 0.2) is 5.16 Å². The molecule has 124 valence electrons. The average Bonchev–Trinajstić information content (AvgIpc) is 2.42. The summed E-state index contributed by atoms with van der Waals surface area (Å²) in [5.74, 6) is 0.461. The van der Waals surface area contributed by atoms with Crippen LogP contribution in [-0.4, -0.2) is 54.5 Å². The van der Waals surface area contributed by atoms with Crippen molar-refractivity contribution >= 4 is 17.7 Å². The number of hydrogen-bond acceptors (Lipinski definition) is 5. The molecule has 3 rings (SSSR count). The summed E-state index contributed by atoms with van der Waals surface area (Å²) in [5.41, 5.74) is -0.154. The molecule has 7 heteroatoms. The molecule has 0 spiro atoms. The number of oxime groups is 1. The van der Waals surface area contributed by atoms with Gasteiger partial charge in [-0.2, -0.15) is 0 Å². The van der Waals surface area contributed by atoms with Crippen LogP contribution < -0.4 is 5.32 Å². The third-order valence-electron chi connectivity index (χ3n) is 4.04. The minimum absolute atomic E-state index is 0.0959. The smallest absolute Gasteiger partial charge is 0.407 e. The first-order valence-corrected chi connectivity index (χ1v) is 7.58. The van der Waals surface area contributed by atoms with Crippen LogP contribution in [0.3, 0.4) is 0 Å². The van der Waals surface area contributed by atoms with Gasteiger partial charge >= 0.3 is 6.09 Å². The summed E-state index contributed by atoms with van der Waals surface area (Å²) in [5, 5.41) is 6.62. The molecule has 0 aromatic heterocycles. The van der Waals surface area contributed by atoms with Crippen LogP contribution in [0.2, 0.25) is 0 Å². The van der Waals surface area contributed by atoms with Gasteiger partial charge in [0, 0.05) is 19.1 Å². The molecule has 0 aromatic carbocycles.